The summed E-state index contributed by atoms with van der Waals surface area (Å²) in [5.41, 5.74) is 3.94. The topological polar surface area (TPSA) is 110 Å². The molecule has 168 valence electrons. The number of hydrogen-bond acceptors (Lipinski definition) is 6. The Morgan fingerprint density at radius 2 is 2.12 bits per heavy atom. The molecule has 1 aliphatic carbocycles. The van der Waals surface area contributed by atoms with Crippen molar-refractivity contribution in [3.8, 4) is 11.6 Å². The normalized spacial score (nSPS) is 18.7. The minimum Gasteiger partial charge on any atom is -0.439 e. The molecule has 3 N–H and O–H groups in total. The highest BCUT2D eigenvalue weighted by molar-refractivity contribution is 5.98. The Kier molecular flexibility index (Phi) is 4.48. The minimum absolute atomic E-state index is 0.146. The standard InChI is InChI=1S/C24H25N7O2/c1-14-9-17-18(12-25-14)26-13-27-22(17)33-16-3-4-19-15(10-16)5-8-31(19)23(32)28-21-11-20(29-30-21)24(2)6-7-24/h3-5,8,10-11,13-14,25H,6-7,9,12H2,1-2H3,(H2,28,29,30,32). The van der Waals surface area contributed by atoms with E-state index >= 15 is 0 Å². The zero-order valence-corrected chi connectivity index (χ0v) is 18.6. The van der Waals surface area contributed by atoms with Crippen LogP contribution in [0.4, 0.5) is 10.6 Å². The fourth-order valence-corrected chi connectivity index (χ4v) is 4.31. The lowest BCUT2D eigenvalue weighted by atomic mass is 10.0. The number of H-pyrrole nitrogens is 1. The molecule has 9 heteroatoms. The summed E-state index contributed by atoms with van der Waals surface area (Å²) < 4.78 is 7.72. The fourth-order valence-electron chi connectivity index (χ4n) is 4.31. The van der Waals surface area contributed by atoms with E-state index in [4.69, 9.17) is 4.74 Å². The molecule has 4 heterocycles. The lowest BCUT2D eigenvalue weighted by molar-refractivity contribution is 0.254. The van der Waals surface area contributed by atoms with Crippen LogP contribution in [0.5, 0.6) is 11.6 Å². The van der Waals surface area contributed by atoms with Crippen molar-refractivity contribution in [3.63, 3.8) is 0 Å². The van der Waals surface area contributed by atoms with Gasteiger partial charge in [0, 0.05) is 41.2 Å². The van der Waals surface area contributed by atoms with E-state index in [0.29, 0.717) is 30.0 Å². The molecule has 0 radical (unpaired) electrons. The SMILES string of the molecule is CC1Cc2c(ncnc2Oc2ccc3c(ccn3C(=O)Nc3cc(C4(C)CC4)n[nH]3)c2)CN1. The van der Waals surface area contributed by atoms with Gasteiger partial charge in [-0.25, -0.2) is 14.8 Å². The van der Waals surface area contributed by atoms with Crippen LogP contribution >= 0.6 is 0 Å². The van der Waals surface area contributed by atoms with E-state index in [-0.39, 0.29) is 11.4 Å². The third-order valence-corrected chi connectivity index (χ3v) is 6.66. The van der Waals surface area contributed by atoms with Gasteiger partial charge in [0.2, 0.25) is 5.88 Å². The summed E-state index contributed by atoms with van der Waals surface area (Å²) in [6.07, 6.45) is 6.37. The van der Waals surface area contributed by atoms with Crippen molar-refractivity contribution in [1.82, 2.24) is 30.0 Å². The second-order valence-corrected chi connectivity index (χ2v) is 9.26. The molecule has 0 bridgehead atoms. The maximum atomic E-state index is 12.9. The number of carbonyl (C=O) groups is 1. The Labute approximate surface area is 190 Å². The molecule has 2 aliphatic rings. The minimum atomic E-state index is -0.249. The predicted octanol–water partition coefficient (Wildman–Crippen LogP) is 4.11. The van der Waals surface area contributed by atoms with Gasteiger partial charge in [0.1, 0.15) is 17.9 Å². The number of nitrogens with one attached hydrogen (secondary N) is 3. The number of hydrogen-bond donors (Lipinski definition) is 3. The first-order valence-corrected chi connectivity index (χ1v) is 11.2. The fraction of sp³-hybridized carbons (Fsp3) is 0.333. The Balaban J connectivity index is 1.22. The number of ether oxygens (including phenoxy) is 1. The van der Waals surface area contributed by atoms with E-state index in [0.717, 1.165) is 47.1 Å². The molecule has 33 heavy (non-hydrogen) atoms. The van der Waals surface area contributed by atoms with Gasteiger partial charge in [-0.2, -0.15) is 5.10 Å². The Morgan fingerprint density at radius 3 is 2.97 bits per heavy atom. The summed E-state index contributed by atoms with van der Waals surface area (Å²) in [6.45, 7) is 5.03. The first kappa shape index (κ1) is 19.9. The van der Waals surface area contributed by atoms with E-state index in [1.807, 2.05) is 30.3 Å². The lowest BCUT2D eigenvalue weighted by Crippen LogP contribution is -2.33. The third-order valence-electron chi connectivity index (χ3n) is 6.66. The third kappa shape index (κ3) is 3.64. The zero-order chi connectivity index (χ0) is 22.6. The molecule has 9 nitrogen and oxygen atoms in total. The molecule has 1 aromatic carbocycles. The van der Waals surface area contributed by atoms with Crippen molar-refractivity contribution >= 4 is 22.8 Å². The first-order chi connectivity index (χ1) is 16.0. The van der Waals surface area contributed by atoms with Crippen molar-refractivity contribution in [2.45, 2.75) is 51.1 Å². The molecule has 1 atom stereocenters. The van der Waals surface area contributed by atoms with Crippen LogP contribution in [0, 0.1) is 0 Å². The number of fused-ring (bicyclic) bond motifs is 2. The van der Waals surface area contributed by atoms with Crippen molar-refractivity contribution in [2.75, 3.05) is 5.32 Å². The maximum Gasteiger partial charge on any atom is 0.331 e. The Hall–Kier alpha value is -3.72. The Morgan fingerprint density at radius 1 is 1.24 bits per heavy atom. The van der Waals surface area contributed by atoms with Crippen LogP contribution in [-0.2, 0) is 18.4 Å². The van der Waals surface area contributed by atoms with Gasteiger partial charge in [0.05, 0.1) is 16.9 Å². The number of benzene rings is 1. The summed E-state index contributed by atoms with van der Waals surface area (Å²) in [5, 5.41) is 14.5. The summed E-state index contributed by atoms with van der Waals surface area (Å²) >= 11 is 0. The van der Waals surface area contributed by atoms with Crippen molar-refractivity contribution in [3.05, 3.63) is 59.8 Å². The molecule has 1 amide bonds. The van der Waals surface area contributed by atoms with Crippen LogP contribution in [0.15, 0.2) is 42.9 Å². The summed E-state index contributed by atoms with van der Waals surface area (Å²) in [6, 6.07) is 9.56. The van der Waals surface area contributed by atoms with Crippen LogP contribution in [-0.4, -0.2) is 36.8 Å². The van der Waals surface area contributed by atoms with E-state index < -0.39 is 0 Å². The molecule has 0 spiro atoms. The van der Waals surface area contributed by atoms with Crippen LogP contribution in [0.25, 0.3) is 10.9 Å². The lowest BCUT2D eigenvalue weighted by Gasteiger charge is -2.23. The van der Waals surface area contributed by atoms with Gasteiger partial charge in [0.25, 0.3) is 0 Å². The molecule has 0 saturated heterocycles. The number of carbonyl (C=O) groups excluding carboxylic acids is 1. The quantitative estimate of drug-likeness (QED) is 0.438. The predicted molar refractivity (Wildman–Crippen MR) is 124 cm³/mol. The Bertz CT molecular complexity index is 1370. The first-order valence-electron chi connectivity index (χ1n) is 11.2. The average Bonchev–Trinajstić information content (AvgIpc) is 3.20. The van der Waals surface area contributed by atoms with Crippen LogP contribution in [0.1, 0.15) is 43.6 Å². The second-order valence-electron chi connectivity index (χ2n) is 9.26. The molecule has 1 aliphatic heterocycles. The highest BCUT2D eigenvalue weighted by Gasteiger charge is 2.41. The van der Waals surface area contributed by atoms with Crippen LogP contribution in [0.2, 0.25) is 0 Å². The molecule has 1 saturated carbocycles. The van der Waals surface area contributed by atoms with E-state index in [1.54, 1.807) is 10.8 Å². The number of aromatic amines is 1. The van der Waals surface area contributed by atoms with Gasteiger partial charge in [0.15, 0.2) is 0 Å². The van der Waals surface area contributed by atoms with Gasteiger partial charge >= 0.3 is 6.03 Å². The van der Waals surface area contributed by atoms with Crippen molar-refractivity contribution in [1.29, 1.82) is 0 Å². The molecule has 4 aromatic rings. The van der Waals surface area contributed by atoms with Gasteiger partial charge in [-0.15, -0.1) is 0 Å². The van der Waals surface area contributed by atoms with E-state index in [2.05, 4.69) is 44.6 Å². The van der Waals surface area contributed by atoms with Crippen LogP contribution < -0.4 is 15.4 Å². The number of rotatable bonds is 4. The number of aromatic nitrogens is 5. The molecule has 1 fully saturated rings. The number of anilines is 1. The van der Waals surface area contributed by atoms with Crippen LogP contribution in [0.3, 0.4) is 0 Å². The summed E-state index contributed by atoms with van der Waals surface area (Å²) in [4.78, 5) is 21.6. The van der Waals surface area contributed by atoms with Gasteiger partial charge in [-0.05, 0) is 50.5 Å². The smallest absolute Gasteiger partial charge is 0.331 e. The molecule has 6 rings (SSSR count). The van der Waals surface area contributed by atoms with Gasteiger partial charge in [-0.1, -0.05) is 6.92 Å². The maximum absolute atomic E-state index is 12.9. The highest BCUT2D eigenvalue weighted by atomic mass is 16.5. The van der Waals surface area contributed by atoms with Crippen molar-refractivity contribution in [2.24, 2.45) is 0 Å². The van der Waals surface area contributed by atoms with E-state index in [9.17, 15) is 4.79 Å². The van der Waals surface area contributed by atoms with Gasteiger partial charge in [-0.3, -0.25) is 15.0 Å². The molecular weight excluding hydrogens is 418 g/mol. The highest BCUT2D eigenvalue weighted by Crippen LogP contribution is 2.47. The average molecular weight is 444 g/mol. The van der Waals surface area contributed by atoms with E-state index in [1.165, 1.54) is 6.33 Å². The summed E-state index contributed by atoms with van der Waals surface area (Å²) in [7, 11) is 0. The summed E-state index contributed by atoms with van der Waals surface area (Å²) in [5.74, 6) is 1.86. The number of amides is 1. The molecule has 1 unspecified atom stereocenters. The molecule has 3 aromatic heterocycles. The monoisotopic (exact) mass is 443 g/mol. The van der Waals surface area contributed by atoms with Gasteiger partial charge < -0.3 is 10.1 Å². The largest absolute Gasteiger partial charge is 0.439 e. The zero-order valence-electron chi connectivity index (χ0n) is 18.6. The second kappa shape index (κ2) is 7.41. The molecular formula is C24H25N7O2. The van der Waals surface area contributed by atoms with Crippen molar-refractivity contribution < 1.29 is 9.53 Å². The number of nitrogens with zero attached hydrogens (tertiary/aromatic N) is 4.